The lowest BCUT2D eigenvalue weighted by Gasteiger charge is -2.24. The third-order valence-corrected chi connectivity index (χ3v) is 4.11. The van der Waals surface area contributed by atoms with Gasteiger partial charge in [-0.25, -0.2) is 9.97 Å². The molecule has 4 nitrogen and oxygen atoms in total. The molecule has 0 atom stereocenters. The second kappa shape index (κ2) is 6.91. The molecule has 0 unspecified atom stereocenters. The van der Waals surface area contributed by atoms with Gasteiger partial charge in [0.25, 0.3) is 0 Å². The molecule has 0 amide bonds. The van der Waals surface area contributed by atoms with Gasteiger partial charge in [0.05, 0.1) is 0 Å². The monoisotopic (exact) mass is 276 g/mol. The van der Waals surface area contributed by atoms with Crippen molar-refractivity contribution in [2.75, 3.05) is 23.7 Å². The van der Waals surface area contributed by atoms with Gasteiger partial charge >= 0.3 is 0 Å². The van der Waals surface area contributed by atoms with E-state index in [0.717, 1.165) is 43.4 Å². The van der Waals surface area contributed by atoms with E-state index in [2.05, 4.69) is 41.4 Å². The zero-order valence-corrected chi connectivity index (χ0v) is 13.1. The molecule has 0 saturated heterocycles. The first-order valence-corrected chi connectivity index (χ1v) is 8.01. The summed E-state index contributed by atoms with van der Waals surface area (Å²) in [6.07, 6.45) is 7.40. The first-order valence-electron chi connectivity index (χ1n) is 8.01. The highest BCUT2D eigenvalue weighted by molar-refractivity contribution is 5.47. The van der Waals surface area contributed by atoms with Gasteiger partial charge in [-0.15, -0.1) is 0 Å². The maximum Gasteiger partial charge on any atom is 0.133 e. The van der Waals surface area contributed by atoms with Crippen LogP contribution in [0.3, 0.4) is 0 Å². The lowest BCUT2D eigenvalue weighted by atomic mass is 9.89. The van der Waals surface area contributed by atoms with Crippen LogP contribution in [0, 0.1) is 5.41 Å². The van der Waals surface area contributed by atoms with Crippen molar-refractivity contribution >= 4 is 11.6 Å². The summed E-state index contributed by atoms with van der Waals surface area (Å²) in [7, 11) is 0. The summed E-state index contributed by atoms with van der Waals surface area (Å²) < 4.78 is 0. The van der Waals surface area contributed by atoms with Crippen molar-refractivity contribution < 1.29 is 0 Å². The van der Waals surface area contributed by atoms with E-state index < -0.39 is 0 Å². The number of aryl methyl sites for hydroxylation is 1. The molecule has 0 aliphatic heterocycles. The Morgan fingerprint density at radius 3 is 2.35 bits per heavy atom. The Labute approximate surface area is 122 Å². The maximum atomic E-state index is 4.64. The van der Waals surface area contributed by atoms with Crippen LogP contribution in [0.5, 0.6) is 0 Å². The van der Waals surface area contributed by atoms with Crippen molar-refractivity contribution in [3.05, 3.63) is 11.9 Å². The quantitative estimate of drug-likeness (QED) is 0.794. The van der Waals surface area contributed by atoms with Gasteiger partial charge < -0.3 is 10.6 Å². The minimum absolute atomic E-state index is 0.439. The normalized spacial score (nSPS) is 17.1. The molecule has 0 aromatic carbocycles. The average molecular weight is 276 g/mol. The van der Waals surface area contributed by atoms with E-state index in [1.807, 2.05) is 6.07 Å². The molecular weight excluding hydrogens is 248 g/mol. The first kappa shape index (κ1) is 15.1. The minimum atomic E-state index is 0.439. The predicted molar refractivity (Wildman–Crippen MR) is 85.3 cm³/mol. The SMILES string of the molecule is CCCc1nc(NCC)cc(NCC2(C)CCCC2)n1. The number of hydrogen-bond acceptors (Lipinski definition) is 4. The molecular formula is C16H28N4. The van der Waals surface area contributed by atoms with Crippen molar-refractivity contribution in [1.82, 2.24) is 9.97 Å². The first-order chi connectivity index (χ1) is 9.65. The maximum absolute atomic E-state index is 4.64. The average Bonchev–Trinajstić information content (AvgIpc) is 2.85. The Hall–Kier alpha value is -1.32. The van der Waals surface area contributed by atoms with E-state index in [0.29, 0.717) is 5.41 Å². The van der Waals surface area contributed by atoms with E-state index in [9.17, 15) is 0 Å². The van der Waals surface area contributed by atoms with Crippen LogP contribution in [-0.2, 0) is 6.42 Å². The van der Waals surface area contributed by atoms with Crippen molar-refractivity contribution in [3.63, 3.8) is 0 Å². The molecule has 0 bridgehead atoms. The summed E-state index contributed by atoms with van der Waals surface area (Å²) in [5, 5.41) is 6.83. The molecule has 0 spiro atoms. The molecule has 1 heterocycles. The standard InChI is InChI=1S/C16H28N4/c1-4-8-13-19-14(17-5-2)11-15(20-13)18-12-16(3)9-6-7-10-16/h11H,4-10,12H2,1-3H3,(H2,17,18,19,20). The van der Waals surface area contributed by atoms with Crippen LogP contribution in [0.15, 0.2) is 6.07 Å². The summed E-state index contributed by atoms with van der Waals surface area (Å²) in [4.78, 5) is 9.18. The van der Waals surface area contributed by atoms with E-state index >= 15 is 0 Å². The van der Waals surface area contributed by atoms with Crippen LogP contribution in [0.25, 0.3) is 0 Å². The Kier molecular flexibility index (Phi) is 5.21. The number of nitrogens with one attached hydrogen (secondary N) is 2. The van der Waals surface area contributed by atoms with Crippen molar-refractivity contribution in [2.45, 2.75) is 59.3 Å². The molecule has 1 aromatic heterocycles. The number of rotatable bonds is 7. The van der Waals surface area contributed by atoms with Crippen LogP contribution in [0.2, 0.25) is 0 Å². The van der Waals surface area contributed by atoms with Crippen molar-refractivity contribution in [1.29, 1.82) is 0 Å². The fourth-order valence-electron chi connectivity index (χ4n) is 2.90. The van der Waals surface area contributed by atoms with Crippen LogP contribution >= 0.6 is 0 Å². The van der Waals surface area contributed by atoms with Gasteiger partial charge in [0.2, 0.25) is 0 Å². The van der Waals surface area contributed by atoms with Crippen molar-refractivity contribution in [2.24, 2.45) is 5.41 Å². The smallest absolute Gasteiger partial charge is 0.133 e. The number of aromatic nitrogens is 2. The summed E-state index contributed by atoms with van der Waals surface area (Å²) in [6, 6.07) is 2.03. The predicted octanol–water partition coefficient (Wildman–Crippen LogP) is 3.85. The molecule has 1 saturated carbocycles. The Balaban J connectivity index is 2.05. The van der Waals surface area contributed by atoms with Gasteiger partial charge in [-0.05, 0) is 31.6 Å². The van der Waals surface area contributed by atoms with E-state index in [1.54, 1.807) is 0 Å². The summed E-state index contributed by atoms with van der Waals surface area (Å²) in [6.45, 7) is 8.54. The third-order valence-electron chi connectivity index (χ3n) is 4.11. The molecule has 2 rings (SSSR count). The Morgan fingerprint density at radius 1 is 1.10 bits per heavy atom. The fourth-order valence-corrected chi connectivity index (χ4v) is 2.90. The highest BCUT2D eigenvalue weighted by atomic mass is 15.1. The lowest BCUT2D eigenvalue weighted by molar-refractivity contribution is 0.361. The van der Waals surface area contributed by atoms with Gasteiger partial charge in [-0.1, -0.05) is 26.7 Å². The fraction of sp³-hybridized carbons (Fsp3) is 0.750. The zero-order chi connectivity index (χ0) is 14.4. The highest BCUT2D eigenvalue weighted by Gasteiger charge is 2.28. The summed E-state index contributed by atoms with van der Waals surface area (Å²) in [5.41, 5.74) is 0.439. The minimum Gasteiger partial charge on any atom is -0.370 e. The van der Waals surface area contributed by atoms with E-state index in [1.165, 1.54) is 25.7 Å². The second-order valence-electron chi connectivity index (χ2n) is 6.21. The zero-order valence-electron chi connectivity index (χ0n) is 13.1. The van der Waals surface area contributed by atoms with Gasteiger partial charge in [-0.3, -0.25) is 0 Å². The number of hydrogen-bond donors (Lipinski definition) is 2. The highest BCUT2D eigenvalue weighted by Crippen LogP contribution is 2.37. The molecule has 0 radical (unpaired) electrons. The van der Waals surface area contributed by atoms with Crippen LogP contribution < -0.4 is 10.6 Å². The van der Waals surface area contributed by atoms with E-state index in [-0.39, 0.29) is 0 Å². The molecule has 1 aliphatic rings. The molecule has 1 fully saturated rings. The topological polar surface area (TPSA) is 49.8 Å². The van der Waals surface area contributed by atoms with Crippen LogP contribution in [0.1, 0.15) is 58.7 Å². The van der Waals surface area contributed by atoms with Gasteiger partial charge in [0.15, 0.2) is 0 Å². The largest absolute Gasteiger partial charge is 0.370 e. The summed E-state index contributed by atoms with van der Waals surface area (Å²) in [5.74, 6) is 2.84. The second-order valence-corrected chi connectivity index (χ2v) is 6.21. The summed E-state index contributed by atoms with van der Waals surface area (Å²) >= 11 is 0. The number of anilines is 2. The molecule has 1 aliphatic carbocycles. The molecule has 2 N–H and O–H groups in total. The van der Waals surface area contributed by atoms with Crippen LogP contribution in [0.4, 0.5) is 11.6 Å². The molecule has 4 heteroatoms. The number of nitrogens with zero attached hydrogens (tertiary/aromatic N) is 2. The molecule has 20 heavy (non-hydrogen) atoms. The molecule has 112 valence electrons. The Bertz CT molecular complexity index is 400. The van der Waals surface area contributed by atoms with Gasteiger partial charge in [0.1, 0.15) is 17.5 Å². The van der Waals surface area contributed by atoms with Gasteiger partial charge in [0, 0.05) is 25.6 Å². The van der Waals surface area contributed by atoms with E-state index in [4.69, 9.17) is 0 Å². The van der Waals surface area contributed by atoms with Gasteiger partial charge in [-0.2, -0.15) is 0 Å². The Morgan fingerprint density at radius 2 is 1.75 bits per heavy atom. The third kappa shape index (κ3) is 4.09. The van der Waals surface area contributed by atoms with Crippen LogP contribution in [-0.4, -0.2) is 23.1 Å². The lowest BCUT2D eigenvalue weighted by Crippen LogP contribution is -2.23. The van der Waals surface area contributed by atoms with Crippen molar-refractivity contribution in [3.8, 4) is 0 Å². The molecule has 1 aromatic rings.